The predicted octanol–water partition coefficient (Wildman–Crippen LogP) is 2.05. The lowest BCUT2D eigenvalue weighted by Gasteiger charge is -2.22. The van der Waals surface area contributed by atoms with Crippen LogP contribution in [0.2, 0.25) is 0 Å². The lowest BCUT2D eigenvalue weighted by Crippen LogP contribution is -2.45. The minimum atomic E-state index is -0.235. The zero-order valence-corrected chi connectivity index (χ0v) is 13.5. The molecule has 0 bridgehead atoms. The lowest BCUT2D eigenvalue weighted by molar-refractivity contribution is -0.125. The third-order valence-corrected chi connectivity index (χ3v) is 4.27. The van der Waals surface area contributed by atoms with Gasteiger partial charge >= 0.3 is 0 Å². The molecule has 1 aromatic heterocycles. The van der Waals surface area contributed by atoms with E-state index in [-0.39, 0.29) is 24.3 Å². The van der Waals surface area contributed by atoms with E-state index in [0.29, 0.717) is 12.2 Å². The van der Waals surface area contributed by atoms with E-state index < -0.39 is 0 Å². The van der Waals surface area contributed by atoms with Crippen molar-refractivity contribution in [3.63, 3.8) is 0 Å². The molecule has 5 heteroatoms. The van der Waals surface area contributed by atoms with Crippen molar-refractivity contribution in [2.45, 2.75) is 25.4 Å². The second kappa shape index (κ2) is 7.84. The topological polar surface area (TPSA) is 62.3 Å². The molecule has 24 heavy (non-hydrogen) atoms. The molecule has 1 N–H and O–H groups in total. The molecule has 1 amide bonds. The molecule has 0 radical (unpaired) electrons. The first-order valence-corrected chi connectivity index (χ1v) is 8.24. The van der Waals surface area contributed by atoms with Gasteiger partial charge in [0.1, 0.15) is 5.69 Å². The van der Waals surface area contributed by atoms with Gasteiger partial charge in [-0.25, -0.2) is 0 Å². The molecule has 0 unspecified atom stereocenters. The van der Waals surface area contributed by atoms with Crippen LogP contribution in [0, 0.1) is 0 Å². The average molecular weight is 323 g/mol. The molecule has 2 heterocycles. The van der Waals surface area contributed by atoms with Crippen molar-refractivity contribution in [2.75, 3.05) is 13.1 Å². The molecule has 3 rings (SSSR count). The summed E-state index contributed by atoms with van der Waals surface area (Å²) in [5.41, 5.74) is 1.52. The zero-order chi connectivity index (χ0) is 16.8. The van der Waals surface area contributed by atoms with Gasteiger partial charge < -0.3 is 5.32 Å². The number of carbonyl (C=O) groups is 2. The lowest BCUT2D eigenvalue weighted by atomic mass is 10.1. The summed E-state index contributed by atoms with van der Waals surface area (Å²) >= 11 is 0. The molecule has 1 aliphatic rings. The normalized spacial score (nSPS) is 17.6. The van der Waals surface area contributed by atoms with Crippen LogP contribution in [0.4, 0.5) is 0 Å². The van der Waals surface area contributed by atoms with Crippen LogP contribution in [0.3, 0.4) is 0 Å². The van der Waals surface area contributed by atoms with E-state index in [0.717, 1.165) is 24.9 Å². The minimum absolute atomic E-state index is 0.00910. The van der Waals surface area contributed by atoms with E-state index in [4.69, 9.17) is 0 Å². The van der Waals surface area contributed by atoms with Crippen LogP contribution in [0.15, 0.2) is 54.7 Å². The summed E-state index contributed by atoms with van der Waals surface area (Å²) in [6, 6.07) is 14.9. The Balaban J connectivity index is 1.56. The number of nitrogens with one attached hydrogen (secondary N) is 1. The monoisotopic (exact) mass is 323 g/mol. The maximum Gasteiger partial charge on any atom is 0.237 e. The van der Waals surface area contributed by atoms with Crippen molar-refractivity contribution < 1.29 is 9.59 Å². The number of benzene rings is 1. The molecule has 0 spiro atoms. The van der Waals surface area contributed by atoms with Gasteiger partial charge in [0.25, 0.3) is 0 Å². The van der Waals surface area contributed by atoms with Crippen molar-refractivity contribution >= 4 is 11.7 Å². The van der Waals surface area contributed by atoms with Crippen LogP contribution in [0.25, 0.3) is 0 Å². The number of likely N-dealkylation sites (tertiary alicyclic amines) is 1. The molecule has 2 aromatic rings. The summed E-state index contributed by atoms with van der Waals surface area (Å²) in [5, 5.41) is 2.98. The SMILES string of the molecule is O=C(CN1CCC[C@H]1C(=O)NCc1ccccc1)c1ccccn1. The summed E-state index contributed by atoms with van der Waals surface area (Å²) < 4.78 is 0. The molecule has 0 aliphatic carbocycles. The standard InChI is InChI=1S/C19H21N3O2/c23-18(16-9-4-5-11-20-16)14-22-12-6-10-17(22)19(24)21-13-15-7-2-1-3-8-15/h1-5,7-9,11,17H,6,10,12-14H2,(H,21,24)/t17-/m0/s1. The molecule has 1 fully saturated rings. The Morgan fingerprint density at radius 2 is 1.92 bits per heavy atom. The Labute approximate surface area is 141 Å². The van der Waals surface area contributed by atoms with E-state index >= 15 is 0 Å². The van der Waals surface area contributed by atoms with E-state index in [9.17, 15) is 9.59 Å². The summed E-state index contributed by atoms with van der Waals surface area (Å²) in [5.74, 6) is -0.0523. The fraction of sp³-hybridized carbons (Fsp3) is 0.316. The third kappa shape index (κ3) is 4.06. The van der Waals surface area contributed by atoms with Crippen molar-refractivity contribution in [3.05, 3.63) is 66.0 Å². The smallest absolute Gasteiger partial charge is 0.237 e. The Morgan fingerprint density at radius 1 is 1.12 bits per heavy atom. The van der Waals surface area contributed by atoms with Crippen LogP contribution in [0.1, 0.15) is 28.9 Å². The number of nitrogens with zero attached hydrogens (tertiary/aromatic N) is 2. The fourth-order valence-electron chi connectivity index (χ4n) is 3.01. The average Bonchev–Trinajstić information content (AvgIpc) is 3.09. The van der Waals surface area contributed by atoms with Gasteiger partial charge in [-0.1, -0.05) is 36.4 Å². The Kier molecular flexibility index (Phi) is 5.33. The van der Waals surface area contributed by atoms with Crippen LogP contribution in [-0.4, -0.2) is 40.7 Å². The van der Waals surface area contributed by atoms with Gasteiger partial charge in [0.15, 0.2) is 5.78 Å². The number of hydrogen-bond donors (Lipinski definition) is 1. The number of Topliss-reactive ketones (excluding diaryl/α,β-unsaturated/α-hetero) is 1. The highest BCUT2D eigenvalue weighted by atomic mass is 16.2. The molecule has 1 aromatic carbocycles. The molecule has 1 atom stereocenters. The third-order valence-electron chi connectivity index (χ3n) is 4.27. The zero-order valence-electron chi connectivity index (χ0n) is 13.5. The number of hydrogen-bond acceptors (Lipinski definition) is 4. The van der Waals surface area contributed by atoms with Crippen LogP contribution in [0.5, 0.6) is 0 Å². The molecule has 0 saturated carbocycles. The van der Waals surface area contributed by atoms with Crippen molar-refractivity contribution in [1.82, 2.24) is 15.2 Å². The van der Waals surface area contributed by atoms with Crippen molar-refractivity contribution in [2.24, 2.45) is 0 Å². The first kappa shape index (κ1) is 16.3. The largest absolute Gasteiger partial charge is 0.351 e. The number of carbonyl (C=O) groups excluding carboxylic acids is 2. The van der Waals surface area contributed by atoms with Gasteiger partial charge in [-0.15, -0.1) is 0 Å². The number of aromatic nitrogens is 1. The summed E-state index contributed by atoms with van der Waals surface area (Å²) in [4.78, 5) is 30.8. The van der Waals surface area contributed by atoms with Crippen LogP contribution in [-0.2, 0) is 11.3 Å². The Bertz CT molecular complexity index is 688. The number of amides is 1. The maximum atomic E-state index is 12.5. The first-order valence-electron chi connectivity index (χ1n) is 8.24. The van der Waals surface area contributed by atoms with Gasteiger partial charge in [0.2, 0.25) is 5.91 Å². The predicted molar refractivity (Wildman–Crippen MR) is 91.5 cm³/mol. The summed E-state index contributed by atoms with van der Waals surface area (Å²) in [6.07, 6.45) is 3.33. The summed E-state index contributed by atoms with van der Waals surface area (Å²) in [7, 11) is 0. The van der Waals surface area contributed by atoms with Crippen molar-refractivity contribution in [3.8, 4) is 0 Å². The van der Waals surface area contributed by atoms with Crippen LogP contribution < -0.4 is 5.32 Å². The van der Waals surface area contributed by atoms with E-state index in [1.807, 2.05) is 35.2 Å². The van der Waals surface area contributed by atoms with Crippen molar-refractivity contribution in [1.29, 1.82) is 0 Å². The first-order chi connectivity index (χ1) is 11.7. The van der Waals surface area contributed by atoms with Gasteiger partial charge in [-0.05, 0) is 37.1 Å². The summed E-state index contributed by atoms with van der Waals surface area (Å²) in [6.45, 7) is 1.51. The highest BCUT2D eigenvalue weighted by Gasteiger charge is 2.32. The molecular weight excluding hydrogens is 302 g/mol. The van der Waals surface area contributed by atoms with Crippen LogP contribution >= 0.6 is 0 Å². The Hall–Kier alpha value is -2.53. The van der Waals surface area contributed by atoms with Gasteiger partial charge in [-0.3, -0.25) is 19.5 Å². The molecule has 1 saturated heterocycles. The molecule has 124 valence electrons. The van der Waals surface area contributed by atoms with Gasteiger partial charge in [0.05, 0.1) is 12.6 Å². The second-order valence-electron chi connectivity index (χ2n) is 5.97. The van der Waals surface area contributed by atoms with Gasteiger partial charge in [0, 0.05) is 12.7 Å². The second-order valence-corrected chi connectivity index (χ2v) is 5.97. The Morgan fingerprint density at radius 3 is 2.67 bits per heavy atom. The molecule has 5 nitrogen and oxygen atoms in total. The molecular formula is C19H21N3O2. The van der Waals surface area contributed by atoms with E-state index in [1.165, 1.54) is 0 Å². The highest BCUT2D eigenvalue weighted by molar-refractivity contribution is 5.96. The van der Waals surface area contributed by atoms with Gasteiger partial charge in [-0.2, -0.15) is 0 Å². The quantitative estimate of drug-likeness (QED) is 0.827. The molecule has 1 aliphatic heterocycles. The number of ketones is 1. The maximum absolute atomic E-state index is 12.5. The minimum Gasteiger partial charge on any atom is -0.351 e. The van der Waals surface area contributed by atoms with E-state index in [2.05, 4.69) is 10.3 Å². The fourth-order valence-corrected chi connectivity index (χ4v) is 3.01. The highest BCUT2D eigenvalue weighted by Crippen LogP contribution is 2.18. The number of pyridine rings is 1. The number of rotatable bonds is 6. The van der Waals surface area contributed by atoms with E-state index in [1.54, 1.807) is 24.4 Å².